The van der Waals surface area contributed by atoms with Crippen LogP contribution >= 0.6 is 11.6 Å². The maximum Gasteiger partial charge on any atom is 0.274 e. The summed E-state index contributed by atoms with van der Waals surface area (Å²) in [7, 11) is 0. The van der Waals surface area contributed by atoms with E-state index in [9.17, 15) is 9.59 Å². The summed E-state index contributed by atoms with van der Waals surface area (Å²) in [6, 6.07) is 4.64. The standard InChI is InChI=1S/C19H21ClN6O3/c1-12(5-7-21)23-19(28)17-15(11-26(25-17)16-4-2-3-9-29-16)24-18(27)14-10-13(20)6-8-22-14/h6,8,10-12,16H,2-5,9H2,1H3,(H,23,28)(H,24,27)/t12-,16?/m1/s1. The van der Waals surface area contributed by atoms with E-state index in [4.69, 9.17) is 21.6 Å². The van der Waals surface area contributed by atoms with Crippen LogP contribution in [-0.2, 0) is 4.74 Å². The fourth-order valence-electron chi connectivity index (χ4n) is 2.93. The smallest absolute Gasteiger partial charge is 0.274 e. The summed E-state index contributed by atoms with van der Waals surface area (Å²) in [6.45, 7) is 2.33. The summed E-state index contributed by atoms with van der Waals surface area (Å²) >= 11 is 5.92. The number of carbonyl (C=O) groups is 2. The minimum Gasteiger partial charge on any atom is -0.357 e. The number of hydrogen-bond acceptors (Lipinski definition) is 6. The molecule has 152 valence electrons. The molecule has 3 rings (SSSR count). The molecule has 1 unspecified atom stereocenters. The Kier molecular flexibility index (Phi) is 6.80. The molecule has 1 saturated heterocycles. The number of ether oxygens (including phenoxy) is 1. The molecule has 0 saturated carbocycles. The van der Waals surface area contributed by atoms with Crippen LogP contribution in [0.1, 0.15) is 59.8 Å². The number of aromatic nitrogens is 3. The molecule has 10 heteroatoms. The summed E-state index contributed by atoms with van der Waals surface area (Å²) in [6.07, 6.45) is 5.57. The molecular weight excluding hydrogens is 396 g/mol. The molecule has 0 aliphatic carbocycles. The molecule has 2 amide bonds. The zero-order valence-electron chi connectivity index (χ0n) is 15.9. The van der Waals surface area contributed by atoms with Gasteiger partial charge in [0, 0.05) is 23.9 Å². The third kappa shape index (κ3) is 5.31. The second-order valence-corrected chi connectivity index (χ2v) is 7.18. The van der Waals surface area contributed by atoms with Gasteiger partial charge in [-0.2, -0.15) is 10.4 Å². The number of pyridine rings is 1. The average molecular weight is 417 g/mol. The first-order valence-corrected chi connectivity index (χ1v) is 9.67. The van der Waals surface area contributed by atoms with Crippen molar-refractivity contribution in [3.05, 3.63) is 40.9 Å². The van der Waals surface area contributed by atoms with Gasteiger partial charge in [-0.05, 0) is 38.3 Å². The van der Waals surface area contributed by atoms with Crippen molar-refractivity contribution in [3.63, 3.8) is 0 Å². The van der Waals surface area contributed by atoms with Crippen molar-refractivity contribution in [1.29, 1.82) is 5.26 Å². The fraction of sp³-hybridized carbons (Fsp3) is 0.421. The van der Waals surface area contributed by atoms with Gasteiger partial charge in [0.25, 0.3) is 11.8 Å². The molecular formula is C19H21ClN6O3. The van der Waals surface area contributed by atoms with Crippen LogP contribution in [0.3, 0.4) is 0 Å². The predicted molar refractivity (Wildman–Crippen MR) is 105 cm³/mol. The van der Waals surface area contributed by atoms with E-state index in [-0.39, 0.29) is 35.8 Å². The topological polar surface area (TPSA) is 122 Å². The highest BCUT2D eigenvalue weighted by Crippen LogP contribution is 2.25. The number of nitrogens with zero attached hydrogens (tertiary/aromatic N) is 4. The SMILES string of the molecule is C[C@H](CC#N)NC(=O)c1nn(C2CCCCO2)cc1NC(=O)c1cc(Cl)ccn1. The molecule has 1 aliphatic heterocycles. The Bertz CT molecular complexity index is 932. The summed E-state index contributed by atoms with van der Waals surface area (Å²) in [5, 5.41) is 18.9. The minimum absolute atomic E-state index is 0.0411. The van der Waals surface area contributed by atoms with Gasteiger partial charge in [0.05, 0.1) is 24.4 Å². The molecule has 0 radical (unpaired) electrons. The molecule has 2 N–H and O–H groups in total. The van der Waals surface area contributed by atoms with Crippen molar-refractivity contribution in [1.82, 2.24) is 20.1 Å². The zero-order valence-corrected chi connectivity index (χ0v) is 16.6. The molecule has 9 nitrogen and oxygen atoms in total. The van der Waals surface area contributed by atoms with Crippen LogP contribution in [0, 0.1) is 11.3 Å². The van der Waals surface area contributed by atoms with Gasteiger partial charge in [0.15, 0.2) is 5.69 Å². The van der Waals surface area contributed by atoms with E-state index >= 15 is 0 Å². The number of rotatable bonds is 6. The highest BCUT2D eigenvalue weighted by molar-refractivity contribution is 6.31. The number of nitriles is 1. The van der Waals surface area contributed by atoms with E-state index in [2.05, 4.69) is 20.7 Å². The summed E-state index contributed by atoms with van der Waals surface area (Å²) in [4.78, 5) is 29.3. The molecule has 2 atom stereocenters. The first-order valence-electron chi connectivity index (χ1n) is 9.29. The van der Waals surface area contributed by atoms with Gasteiger partial charge < -0.3 is 15.4 Å². The maximum absolute atomic E-state index is 12.7. The molecule has 3 heterocycles. The van der Waals surface area contributed by atoms with E-state index in [1.54, 1.807) is 23.9 Å². The molecule has 2 aromatic heterocycles. The van der Waals surface area contributed by atoms with Gasteiger partial charge in [-0.15, -0.1) is 0 Å². The van der Waals surface area contributed by atoms with Crippen molar-refractivity contribution in [3.8, 4) is 6.07 Å². The molecule has 29 heavy (non-hydrogen) atoms. The average Bonchev–Trinajstić information content (AvgIpc) is 3.13. The number of amides is 2. The number of anilines is 1. The molecule has 2 aromatic rings. The van der Waals surface area contributed by atoms with Crippen LogP contribution in [-0.4, -0.2) is 39.2 Å². The third-order valence-electron chi connectivity index (χ3n) is 4.38. The number of halogens is 1. The summed E-state index contributed by atoms with van der Waals surface area (Å²) in [5.74, 6) is -1.01. The molecule has 0 bridgehead atoms. The van der Waals surface area contributed by atoms with Gasteiger partial charge in [-0.3, -0.25) is 14.6 Å². The molecule has 1 aliphatic rings. The molecule has 0 aromatic carbocycles. The number of hydrogen-bond donors (Lipinski definition) is 2. The van der Waals surface area contributed by atoms with Crippen molar-refractivity contribution >= 4 is 29.1 Å². The van der Waals surface area contributed by atoms with Crippen LogP contribution < -0.4 is 10.6 Å². The van der Waals surface area contributed by atoms with Gasteiger partial charge in [0.1, 0.15) is 11.9 Å². The normalized spacial score (nSPS) is 17.2. The summed E-state index contributed by atoms with van der Waals surface area (Å²) < 4.78 is 7.27. The van der Waals surface area contributed by atoms with E-state index in [1.165, 1.54) is 12.3 Å². The van der Waals surface area contributed by atoms with E-state index in [1.807, 2.05) is 6.07 Å². The van der Waals surface area contributed by atoms with Gasteiger partial charge in [-0.25, -0.2) is 4.68 Å². The Morgan fingerprint density at radius 2 is 2.28 bits per heavy atom. The van der Waals surface area contributed by atoms with Crippen molar-refractivity contribution < 1.29 is 14.3 Å². The fourth-order valence-corrected chi connectivity index (χ4v) is 3.09. The van der Waals surface area contributed by atoms with E-state index in [0.717, 1.165) is 19.3 Å². The molecule has 1 fully saturated rings. The lowest BCUT2D eigenvalue weighted by Crippen LogP contribution is -2.33. The van der Waals surface area contributed by atoms with Crippen LogP contribution in [0.2, 0.25) is 5.02 Å². The van der Waals surface area contributed by atoms with Crippen LogP contribution in [0.5, 0.6) is 0 Å². The Morgan fingerprint density at radius 3 is 2.97 bits per heavy atom. The first kappa shape index (κ1) is 20.8. The monoisotopic (exact) mass is 416 g/mol. The minimum atomic E-state index is -0.518. The number of carbonyl (C=O) groups excluding carboxylic acids is 2. The van der Waals surface area contributed by atoms with Crippen LogP contribution in [0.25, 0.3) is 0 Å². The van der Waals surface area contributed by atoms with Crippen molar-refractivity contribution in [2.45, 2.75) is 44.9 Å². The predicted octanol–water partition coefficient (Wildman–Crippen LogP) is 2.91. The largest absolute Gasteiger partial charge is 0.357 e. The first-order chi connectivity index (χ1) is 14.0. The van der Waals surface area contributed by atoms with Gasteiger partial charge >= 0.3 is 0 Å². The highest BCUT2D eigenvalue weighted by atomic mass is 35.5. The number of nitrogens with one attached hydrogen (secondary N) is 2. The molecule has 0 spiro atoms. The quantitative estimate of drug-likeness (QED) is 0.746. The lowest BCUT2D eigenvalue weighted by Gasteiger charge is -2.22. The van der Waals surface area contributed by atoms with Gasteiger partial charge in [-0.1, -0.05) is 11.6 Å². The van der Waals surface area contributed by atoms with Gasteiger partial charge in [0.2, 0.25) is 0 Å². The summed E-state index contributed by atoms with van der Waals surface area (Å²) in [5.41, 5.74) is 0.385. The lowest BCUT2D eigenvalue weighted by atomic mass is 10.2. The third-order valence-corrected chi connectivity index (χ3v) is 4.61. The van der Waals surface area contributed by atoms with E-state index < -0.39 is 11.8 Å². The van der Waals surface area contributed by atoms with Crippen LogP contribution in [0.15, 0.2) is 24.5 Å². The maximum atomic E-state index is 12.7. The Morgan fingerprint density at radius 1 is 1.45 bits per heavy atom. The van der Waals surface area contributed by atoms with Crippen molar-refractivity contribution in [2.75, 3.05) is 11.9 Å². The Hall–Kier alpha value is -2.96. The zero-order chi connectivity index (χ0) is 20.8. The highest BCUT2D eigenvalue weighted by Gasteiger charge is 2.25. The Balaban J connectivity index is 1.86. The second-order valence-electron chi connectivity index (χ2n) is 6.74. The van der Waals surface area contributed by atoms with Crippen molar-refractivity contribution in [2.24, 2.45) is 0 Å². The second kappa shape index (κ2) is 9.49. The van der Waals surface area contributed by atoms with Crippen LogP contribution in [0.4, 0.5) is 5.69 Å². The lowest BCUT2D eigenvalue weighted by molar-refractivity contribution is -0.0395. The Labute approximate surface area is 173 Å². The van der Waals surface area contributed by atoms with E-state index in [0.29, 0.717) is 11.6 Å².